The molecule has 0 heterocycles. The first-order valence-electron chi connectivity index (χ1n) is 3.32. The number of nitrogens with two attached hydrogens (primary N) is 1. The van der Waals surface area contributed by atoms with E-state index in [1.807, 2.05) is 0 Å². The molecule has 0 aromatic heterocycles. The van der Waals surface area contributed by atoms with Crippen LogP contribution in [0.15, 0.2) is 0 Å². The Morgan fingerprint density at radius 3 is 3.00 bits per heavy atom. The first-order chi connectivity index (χ1) is 5.27. The topological polar surface area (TPSA) is 83.2 Å². The van der Waals surface area contributed by atoms with Crippen LogP contribution in [0.1, 0.15) is 6.92 Å². The van der Waals surface area contributed by atoms with Crippen molar-refractivity contribution in [3.8, 4) is 0 Å². The second kappa shape index (κ2) is 7.64. The molecule has 0 aliphatic heterocycles. The van der Waals surface area contributed by atoms with Crippen LogP contribution in [0.5, 0.6) is 0 Å². The molecule has 0 radical (unpaired) electrons. The maximum absolute atomic E-state index is 6.73. The van der Waals surface area contributed by atoms with Crippen LogP contribution in [0.2, 0.25) is 0 Å². The summed E-state index contributed by atoms with van der Waals surface area (Å²) in [6.07, 6.45) is 0. The van der Waals surface area contributed by atoms with E-state index < -0.39 is 0 Å². The lowest BCUT2D eigenvalue weighted by atomic mass is 10.9. The molecular formula is C5H14N4OS. The van der Waals surface area contributed by atoms with Gasteiger partial charge in [-0.2, -0.15) is 11.8 Å². The zero-order chi connectivity index (χ0) is 8.53. The molecule has 0 rings (SSSR count). The van der Waals surface area contributed by atoms with Crippen molar-refractivity contribution < 1.29 is 4.84 Å². The molecule has 5 nitrogen and oxygen atoms in total. The lowest BCUT2D eigenvalue weighted by Gasteiger charge is -2.05. The van der Waals surface area contributed by atoms with Gasteiger partial charge in [-0.25, -0.2) is 0 Å². The van der Waals surface area contributed by atoms with Gasteiger partial charge in [0, 0.05) is 5.75 Å². The van der Waals surface area contributed by atoms with E-state index in [-0.39, 0.29) is 5.96 Å². The Labute approximate surface area is 70.5 Å². The molecule has 0 amide bonds. The van der Waals surface area contributed by atoms with Crippen LogP contribution in [0.25, 0.3) is 0 Å². The number of hydrogen-bond acceptors (Lipinski definition) is 4. The molecule has 6 heteroatoms. The van der Waals surface area contributed by atoms with Gasteiger partial charge >= 0.3 is 0 Å². The monoisotopic (exact) mass is 178 g/mol. The predicted octanol–water partition coefficient (Wildman–Crippen LogP) is -0.341. The molecule has 66 valence electrons. The van der Waals surface area contributed by atoms with E-state index >= 15 is 0 Å². The van der Waals surface area contributed by atoms with Gasteiger partial charge in [0.05, 0.1) is 6.61 Å². The molecule has 0 aliphatic rings. The minimum Gasteiger partial charge on any atom is -0.369 e. The number of guanidine groups is 1. The van der Waals surface area contributed by atoms with Crippen LogP contribution >= 0.6 is 11.8 Å². The number of nitrogens with one attached hydrogen (secondary N) is 3. The molecule has 0 aliphatic carbocycles. The Morgan fingerprint density at radius 2 is 2.45 bits per heavy atom. The van der Waals surface area contributed by atoms with Crippen molar-refractivity contribution in [1.82, 2.24) is 11.0 Å². The van der Waals surface area contributed by atoms with Crippen LogP contribution in [0, 0.1) is 5.41 Å². The van der Waals surface area contributed by atoms with Gasteiger partial charge in [-0.3, -0.25) is 15.7 Å². The summed E-state index contributed by atoms with van der Waals surface area (Å²) in [7, 11) is 0. The summed E-state index contributed by atoms with van der Waals surface area (Å²) in [6, 6.07) is 0. The van der Waals surface area contributed by atoms with Gasteiger partial charge < -0.3 is 5.73 Å². The van der Waals surface area contributed by atoms with E-state index in [2.05, 4.69) is 17.9 Å². The molecule has 0 aromatic carbocycles. The van der Waals surface area contributed by atoms with Crippen molar-refractivity contribution >= 4 is 17.7 Å². The van der Waals surface area contributed by atoms with Crippen LogP contribution < -0.4 is 16.7 Å². The summed E-state index contributed by atoms with van der Waals surface area (Å²) >= 11 is 1.79. The van der Waals surface area contributed by atoms with Crippen molar-refractivity contribution in [2.24, 2.45) is 5.73 Å². The fourth-order valence-electron chi connectivity index (χ4n) is 0.387. The molecule has 0 saturated heterocycles. The fourth-order valence-corrected chi connectivity index (χ4v) is 0.877. The average Bonchev–Trinajstić information content (AvgIpc) is 1.96. The second-order valence-electron chi connectivity index (χ2n) is 1.69. The first kappa shape index (κ1) is 10.5. The average molecular weight is 178 g/mol. The lowest BCUT2D eigenvalue weighted by molar-refractivity contribution is 0.0360. The van der Waals surface area contributed by atoms with Gasteiger partial charge in [-0.15, -0.1) is 5.59 Å². The van der Waals surface area contributed by atoms with Crippen molar-refractivity contribution in [1.29, 1.82) is 5.41 Å². The third-order valence-electron chi connectivity index (χ3n) is 0.792. The summed E-state index contributed by atoms with van der Waals surface area (Å²) < 4.78 is 0. The minimum absolute atomic E-state index is 0.159. The molecule has 0 atom stereocenters. The predicted molar refractivity (Wildman–Crippen MR) is 47.1 cm³/mol. The van der Waals surface area contributed by atoms with Crippen LogP contribution in [-0.4, -0.2) is 24.1 Å². The Morgan fingerprint density at radius 1 is 1.73 bits per heavy atom. The minimum atomic E-state index is -0.159. The molecule has 0 spiro atoms. The molecule has 0 saturated carbocycles. The standard InChI is InChI=1S/C5H14N4OS/c1-2-11-4-3-10-9-8-5(6)7/h9H,2-4H2,1H3,(H4,6,7,8). The molecular weight excluding hydrogens is 164 g/mol. The maximum atomic E-state index is 6.73. The smallest absolute Gasteiger partial charge is 0.202 e. The molecule has 0 bridgehead atoms. The number of rotatable bonds is 6. The fraction of sp³-hybridized carbons (Fsp3) is 0.800. The molecule has 0 unspecified atom stereocenters. The first-order valence-corrected chi connectivity index (χ1v) is 4.47. The lowest BCUT2D eigenvalue weighted by Crippen LogP contribution is -2.41. The third-order valence-corrected chi connectivity index (χ3v) is 1.66. The quantitative estimate of drug-likeness (QED) is 0.193. The Hall–Kier alpha value is -0.460. The van der Waals surface area contributed by atoms with Crippen molar-refractivity contribution in [3.05, 3.63) is 0 Å². The normalized spacial score (nSPS) is 9.55. The summed E-state index contributed by atoms with van der Waals surface area (Å²) in [4.78, 5) is 4.84. The zero-order valence-electron chi connectivity index (χ0n) is 6.52. The molecule has 0 aromatic rings. The van der Waals surface area contributed by atoms with Crippen molar-refractivity contribution in [2.45, 2.75) is 6.92 Å². The SMILES string of the molecule is CCSCCONNC(=N)N. The van der Waals surface area contributed by atoms with E-state index in [0.717, 1.165) is 11.5 Å². The second-order valence-corrected chi connectivity index (χ2v) is 3.08. The van der Waals surface area contributed by atoms with E-state index in [9.17, 15) is 0 Å². The highest BCUT2D eigenvalue weighted by atomic mass is 32.2. The van der Waals surface area contributed by atoms with Crippen LogP contribution in [-0.2, 0) is 4.84 Å². The third kappa shape index (κ3) is 9.54. The van der Waals surface area contributed by atoms with Crippen molar-refractivity contribution in [2.75, 3.05) is 18.1 Å². The largest absolute Gasteiger partial charge is 0.369 e. The summed E-state index contributed by atoms with van der Waals surface area (Å²) in [5.74, 6) is 1.86. The van der Waals surface area contributed by atoms with Gasteiger partial charge in [0.1, 0.15) is 0 Å². The zero-order valence-corrected chi connectivity index (χ0v) is 7.33. The van der Waals surface area contributed by atoms with Gasteiger partial charge in [-0.1, -0.05) is 6.92 Å². The van der Waals surface area contributed by atoms with Gasteiger partial charge in [0.2, 0.25) is 5.96 Å². The highest BCUT2D eigenvalue weighted by Gasteiger charge is 1.87. The Balaban J connectivity index is 2.85. The van der Waals surface area contributed by atoms with E-state index in [4.69, 9.17) is 16.0 Å². The van der Waals surface area contributed by atoms with Crippen LogP contribution in [0.3, 0.4) is 0 Å². The van der Waals surface area contributed by atoms with Crippen molar-refractivity contribution in [3.63, 3.8) is 0 Å². The Kier molecular flexibility index (Phi) is 7.33. The van der Waals surface area contributed by atoms with Gasteiger partial charge in [0.25, 0.3) is 0 Å². The highest BCUT2D eigenvalue weighted by Crippen LogP contribution is 1.95. The molecule has 0 fully saturated rings. The summed E-state index contributed by atoms with van der Waals surface area (Å²) in [5.41, 5.74) is 9.59. The molecule has 11 heavy (non-hydrogen) atoms. The number of hydrogen-bond donors (Lipinski definition) is 4. The number of hydrazine groups is 1. The number of thioether (sulfide) groups is 1. The summed E-state index contributed by atoms with van der Waals surface area (Å²) in [6.45, 7) is 2.69. The Bertz CT molecular complexity index is 111. The maximum Gasteiger partial charge on any atom is 0.202 e. The summed E-state index contributed by atoms with van der Waals surface area (Å²) in [5, 5.41) is 6.73. The van der Waals surface area contributed by atoms with E-state index in [1.165, 1.54) is 0 Å². The molecule has 5 N–H and O–H groups in total. The van der Waals surface area contributed by atoms with Crippen LogP contribution in [0.4, 0.5) is 0 Å². The van der Waals surface area contributed by atoms with Gasteiger partial charge in [-0.05, 0) is 5.75 Å². The van der Waals surface area contributed by atoms with E-state index in [1.54, 1.807) is 11.8 Å². The van der Waals surface area contributed by atoms with E-state index in [0.29, 0.717) is 6.61 Å². The van der Waals surface area contributed by atoms with Gasteiger partial charge in [0.15, 0.2) is 0 Å². The highest BCUT2D eigenvalue weighted by molar-refractivity contribution is 7.99.